The van der Waals surface area contributed by atoms with Crippen molar-refractivity contribution in [1.29, 1.82) is 5.26 Å². The van der Waals surface area contributed by atoms with Gasteiger partial charge in [0.25, 0.3) is 0 Å². The van der Waals surface area contributed by atoms with Crippen molar-refractivity contribution < 1.29 is 4.79 Å². The standard InChI is InChI=1S/C19H16N4OS/c20-13-19(7-8-19)23-11-17(21-22-23)16(14-4-2-1-3-5-14)10-18(24)15-6-9-25-12-15/h1-6,9,11-12,16H,7-8,10H2. The molecule has 1 fully saturated rings. The summed E-state index contributed by atoms with van der Waals surface area (Å²) < 4.78 is 1.66. The number of hydrogen-bond donors (Lipinski definition) is 0. The monoisotopic (exact) mass is 348 g/mol. The molecule has 5 nitrogen and oxygen atoms in total. The molecule has 1 unspecified atom stereocenters. The van der Waals surface area contributed by atoms with Crippen LogP contribution in [0.25, 0.3) is 0 Å². The van der Waals surface area contributed by atoms with Gasteiger partial charge in [0.2, 0.25) is 0 Å². The number of nitrogens with zero attached hydrogens (tertiary/aromatic N) is 4. The Kier molecular flexibility index (Phi) is 3.94. The summed E-state index contributed by atoms with van der Waals surface area (Å²) in [4.78, 5) is 12.6. The van der Waals surface area contributed by atoms with Gasteiger partial charge >= 0.3 is 0 Å². The van der Waals surface area contributed by atoms with Gasteiger partial charge in [-0.15, -0.1) is 5.10 Å². The maximum Gasteiger partial charge on any atom is 0.164 e. The first kappa shape index (κ1) is 15.7. The molecule has 1 atom stereocenters. The average Bonchev–Trinajstić information content (AvgIpc) is 3.05. The maximum absolute atomic E-state index is 12.6. The smallest absolute Gasteiger partial charge is 0.164 e. The van der Waals surface area contributed by atoms with E-state index in [2.05, 4.69) is 16.4 Å². The third-order valence-electron chi connectivity index (χ3n) is 4.67. The fraction of sp³-hybridized carbons (Fsp3) is 0.263. The number of Topliss-reactive ketones (excluding diaryl/α,β-unsaturated/α-hetero) is 1. The lowest BCUT2D eigenvalue weighted by atomic mass is 9.90. The Hall–Kier alpha value is -2.78. The van der Waals surface area contributed by atoms with Crippen LogP contribution in [-0.2, 0) is 5.54 Å². The third kappa shape index (κ3) is 2.99. The van der Waals surface area contributed by atoms with Crippen molar-refractivity contribution in [3.8, 4) is 6.07 Å². The van der Waals surface area contributed by atoms with Crippen molar-refractivity contribution in [1.82, 2.24) is 15.0 Å². The summed E-state index contributed by atoms with van der Waals surface area (Å²) in [6.45, 7) is 0. The van der Waals surface area contributed by atoms with Gasteiger partial charge in [0.15, 0.2) is 11.3 Å². The van der Waals surface area contributed by atoms with E-state index in [1.807, 2.05) is 53.4 Å². The molecular weight excluding hydrogens is 332 g/mol. The van der Waals surface area contributed by atoms with E-state index in [1.165, 1.54) is 11.3 Å². The minimum absolute atomic E-state index is 0.0890. The predicted octanol–water partition coefficient (Wildman–Crippen LogP) is 3.76. The number of thiophene rings is 1. The summed E-state index contributed by atoms with van der Waals surface area (Å²) in [5.41, 5.74) is 1.95. The Morgan fingerprint density at radius 1 is 1.32 bits per heavy atom. The van der Waals surface area contributed by atoms with Crippen molar-refractivity contribution in [3.05, 3.63) is 70.2 Å². The summed E-state index contributed by atoms with van der Waals surface area (Å²) in [5, 5.41) is 21.6. The molecule has 0 bridgehead atoms. The highest BCUT2D eigenvalue weighted by Crippen LogP contribution is 2.42. The van der Waals surface area contributed by atoms with Crippen molar-refractivity contribution in [2.24, 2.45) is 0 Å². The zero-order valence-corrected chi connectivity index (χ0v) is 14.3. The molecule has 1 saturated carbocycles. The zero-order valence-electron chi connectivity index (χ0n) is 13.5. The molecule has 25 heavy (non-hydrogen) atoms. The van der Waals surface area contributed by atoms with Crippen LogP contribution in [0.3, 0.4) is 0 Å². The van der Waals surface area contributed by atoms with E-state index in [9.17, 15) is 10.1 Å². The van der Waals surface area contributed by atoms with Gasteiger partial charge in [0.05, 0.1) is 18.0 Å². The normalized spacial score (nSPS) is 16.1. The molecule has 0 radical (unpaired) electrons. The minimum atomic E-state index is -0.538. The van der Waals surface area contributed by atoms with Crippen LogP contribution in [0.1, 0.15) is 46.8 Å². The van der Waals surface area contributed by atoms with Gasteiger partial charge in [0.1, 0.15) is 0 Å². The van der Waals surface area contributed by atoms with Crippen molar-refractivity contribution in [3.63, 3.8) is 0 Å². The Bertz CT molecular complexity index is 920. The second-order valence-corrected chi connectivity index (χ2v) is 7.11. The summed E-state index contributed by atoms with van der Waals surface area (Å²) in [5.74, 6) is -0.0806. The van der Waals surface area contributed by atoms with Gasteiger partial charge in [-0.3, -0.25) is 4.79 Å². The van der Waals surface area contributed by atoms with E-state index in [4.69, 9.17) is 0 Å². The van der Waals surface area contributed by atoms with Gasteiger partial charge in [-0.05, 0) is 29.9 Å². The highest BCUT2D eigenvalue weighted by Gasteiger charge is 2.46. The zero-order chi connectivity index (χ0) is 17.3. The first-order valence-electron chi connectivity index (χ1n) is 8.16. The lowest BCUT2D eigenvalue weighted by molar-refractivity contribution is 0.0977. The van der Waals surface area contributed by atoms with Crippen LogP contribution >= 0.6 is 11.3 Å². The number of nitriles is 1. The van der Waals surface area contributed by atoms with Gasteiger partial charge in [-0.2, -0.15) is 16.6 Å². The fourth-order valence-corrected chi connectivity index (χ4v) is 3.62. The summed E-state index contributed by atoms with van der Waals surface area (Å²) in [7, 11) is 0. The van der Waals surface area contributed by atoms with Crippen molar-refractivity contribution in [2.45, 2.75) is 30.7 Å². The Labute approximate surface area is 149 Å². The van der Waals surface area contributed by atoms with Gasteiger partial charge in [-0.25, -0.2) is 4.68 Å². The second kappa shape index (κ2) is 6.26. The molecule has 0 aliphatic heterocycles. The van der Waals surface area contributed by atoms with Crippen LogP contribution in [0.4, 0.5) is 0 Å². The lowest BCUT2D eigenvalue weighted by Crippen LogP contribution is -2.15. The Balaban J connectivity index is 1.66. The molecule has 2 aromatic heterocycles. The number of carbonyl (C=O) groups is 1. The summed E-state index contributed by atoms with van der Waals surface area (Å²) in [6, 6.07) is 14.0. The van der Waals surface area contributed by atoms with Crippen molar-refractivity contribution >= 4 is 17.1 Å². The van der Waals surface area contributed by atoms with Gasteiger partial charge < -0.3 is 0 Å². The van der Waals surface area contributed by atoms with E-state index in [0.29, 0.717) is 6.42 Å². The third-order valence-corrected chi connectivity index (χ3v) is 5.36. The molecule has 3 aromatic rings. The van der Waals surface area contributed by atoms with E-state index < -0.39 is 5.54 Å². The number of ketones is 1. The van der Waals surface area contributed by atoms with Crippen LogP contribution in [0.5, 0.6) is 0 Å². The average molecular weight is 348 g/mol. The Morgan fingerprint density at radius 3 is 2.76 bits per heavy atom. The van der Waals surface area contributed by atoms with E-state index >= 15 is 0 Å². The highest BCUT2D eigenvalue weighted by atomic mass is 32.1. The molecule has 0 saturated heterocycles. The summed E-state index contributed by atoms with van der Waals surface area (Å²) in [6.07, 6.45) is 3.76. The lowest BCUT2D eigenvalue weighted by Gasteiger charge is -2.14. The molecule has 1 aliphatic rings. The molecule has 0 spiro atoms. The van der Waals surface area contributed by atoms with E-state index in [-0.39, 0.29) is 11.7 Å². The maximum atomic E-state index is 12.6. The SMILES string of the molecule is N#CC1(n2cc(C(CC(=O)c3ccsc3)c3ccccc3)nn2)CC1. The number of carbonyl (C=O) groups excluding carboxylic acids is 1. The van der Waals surface area contributed by atoms with Crippen LogP contribution < -0.4 is 0 Å². The first-order chi connectivity index (χ1) is 12.2. The molecule has 6 heteroatoms. The topological polar surface area (TPSA) is 71.6 Å². The van der Waals surface area contributed by atoms with Crippen molar-refractivity contribution in [2.75, 3.05) is 0 Å². The van der Waals surface area contributed by atoms with Crippen LogP contribution in [0.2, 0.25) is 0 Å². The highest BCUT2D eigenvalue weighted by molar-refractivity contribution is 7.08. The molecule has 0 N–H and O–H groups in total. The number of aromatic nitrogens is 3. The molecule has 1 aliphatic carbocycles. The summed E-state index contributed by atoms with van der Waals surface area (Å²) >= 11 is 1.52. The molecular formula is C19H16N4OS. The first-order valence-corrected chi connectivity index (χ1v) is 9.10. The largest absolute Gasteiger partial charge is 0.294 e. The molecule has 2 heterocycles. The van der Waals surface area contributed by atoms with Crippen LogP contribution in [0, 0.1) is 11.3 Å². The fourth-order valence-electron chi connectivity index (χ4n) is 2.96. The number of rotatable bonds is 6. The second-order valence-electron chi connectivity index (χ2n) is 6.33. The van der Waals surface area contributed by atoms with Gasteiger partial charge in [-0.1, -0.05) is 35.5 Å². The molecule has 0 amide bonds. The predicted molar refractivity (Wildman–Crippen MR) is 94.4 cm³/mol. The number of benzene rings is 1. The van der Waals surface area contributed by atoms with Crippen LogP contribution in [0.15, 0.2) is 53.4 Å². The molecule has 4 rings (SSSR count). The van der Waals surface area contributed by atoms with Gasteiger partial charge in [0, 0.05) is 23.3 Å². The Morgan fingerprint density at radius 2 is 2.12 bits per heavy atom. The molecule has 1 aromatic carbocycles. The van der Waals surface area contributed by atoms with E-state index in [0.717, 1.165) is 29.7 Å². The quantitative estimate of drug-likeness (QED) is 0.636. The molecule has 124 valence electrons. The number of hydrogen-bond acceptors (Lipinski definition) is 5. The minimum Gasteiger partial charge on any atom is -0.294 e. The van der Waals surface area contributed by atoms with E-state index in [1.54, 1.807) is 4.68 Å². The van der Waals surface area contributed by atoms with Crippen LogP contribution in [-0.4, -0.2) is 20.8 Å².